The van der Waals surface area contributed by atoms with Gasteiger partial charge in [0.1, 0.15) is 0 Å². The number of hydrogen-bond donors (Lipinski definition) is 0. The second-order valence-electron chi connectivity index (χ2n) is 4.14. The van der Waals surface area contributed by atoms with Gasteiger partial charge in [-0.25, -0.2) is 0 Å². The lowest BCUT2D eigenvalue weighted by Gasteiger charge is -2.30. The van der Waals surface area contributed by atoms with E-state index in [0.717, 1.165) is 26.2 Å². The van der Waals surface area contributed by atoms with Crippen molar-refractivity contribution in [1.29, 1.82) is 0 Å². The van der Waals surface area contributed by atoms with Crippen molar-refractivity contribution >= 4 is 0 Å². The molecule has 0 saturated carbocycles. The minimum atomic E-state index is 0.589. The van der Waals surface area contributed by atoms with Crippen LogP contribution in [0, 0.1) is 0 Å². The summed E-state index contributed by atoms with van der Waals surface area (Å²) >= 11 is 0. The molecule has 0 aromatic carbocycles. The van der Waals surface area contributed by atoms with E-state index in [1.165, 1.54) is 11.3 Å². The number of nitrogens with zero attached hydrogens (tertiary/aromatic N) is 1. The van der Waals surface area contributed by atoms with Crippen molar-refractivity contribution in [2.75, 3.05) is 19.8 Å². The van der Waals surface area contributed by atoms with Crippen molar-refractivity contribution in [1.82, 2.24) is 4.90 Å². The maximum Gasteiger partial charge on any atom is 0.0863 e. The Morgan fingerprint density at radius 2 is 2.08 bits per heavy atom. The molecule has 1 heterocycles. The fourth-order valence-corrected chi connectivity index (χ4v) is 1.73. The van der Waals surface area contributed by atoms with Crippen molar-refractivity contribution in [3.8, 4) is 0 Å². The lowest BCUT2D eigenvalue weighted by molar-refractivity contribution is 0.159. The van der Waals surface area contributed by atoms with Gasteiger partial charge in [-0.3, -0.25) is 0 Å². The number of ether oxygens (including phenoxy) is 1. The van der Waals surface area contributed by atoms with Gasteiger partial charge in [0.15, 0.2) is 0 Å². The molecule has 2 nitrogen and oxygen atoms in total. The normalized spacial score (nSPS) is 19.2. The second-order valence-corrected chi connectivity index (χ2v) is 4.14. The quantitative estimate of drug-likeness (QED) is 0.619. The second kappa shape index (κ2) is 4.66. The Bertz CT molecular complexity index is 192. The molecule has 0 radical (unpaired) electrons. The lowest BCUT2D eigenvalue weighted by Crippen LogP contribution is -2.32. The van der Waals surface area contributed by atoms with Gasteiger partial charge in [0.2, 0.25) is 0 Å². The monoisotopic (exact) mass is 183 g/mol. The van der Waals surface area contributed by atoms with E-state index in [2.05, 4.69) is 32.6 Å². The molecule has 1 fully saturated rings. The summed E-state index contributed by atoms with van der Waals surface area (Å²) in [5.74, 6) is 0. The molecular formula is C11H21NO. The summed E-state index contributed by atoms with van der Waals surface area (Å²) in [4.78, 5) is 2.46. The summed E-state index contributed by atoms with van der Waals surface area (Å²) in [6, 6.07) is 0.589. The third-order valence-corrected chi connectivity index (χ3v) is 2.47. The van der Waals surface area contributed by atoms with Gasteiger partial charge >= 0.3 is 0 Å². The highest BCUT2D eigenvalue weighted by Gasteiger charge is 2.16. The first kappa shape index (κ1) is 10.6. The first-order valence-corrected chi connectivity index (χ1v) is 5.13. The summed E-state index contributed by atoms with van der Waals surface area (Å²) in [5, 5.41) is 0. The van der Waals surface area contributed by atoms with Gasteiger partial charge in [-0.1, -0.05) is 5.57 Å². The van der Waals surface area contributed by atoms with Crippen LogP contribution in [0.5, 0.6) is 0 Å². The fourth-order valence-electron chi connectivity index (χ4n) is 1.73. The smallest absolute Gasteiger partial charge is 0.0863 e. The maximum atomic E-state index is 5.55. The SMILES string of the molecule is CC(C)=C1COCCCN1C(C)C. The summed E-state index contributed by atoms with van der Waals surface area (Å²) in [6.07, 6.45) is 1.15. The molecule has 13 heavy (non-hydrogen) atoms. The molecule has 0 N–H and O–H groups in total. The molecule has 1 aliphatic heterocycles. The number of allylic oxidation sites excluding steroid dienone is 1. The van der Waals surface area contributed by atoms with Gasteiger partial charge in [0.05, 0.1) is 6.61 Å². The largest absolute Gasteiger partial charge is 0.375 e. The first-order valence-electron chi connectivity index (χ1n) is 5.13. The fraction of sp³-hybridized carbons (Fsp3) is 0.818. The average Bonchev–Trinajstić information content (AvgIpc) is 2.27. The van der Waals surface area contributed by atoms with E-state index < -0.39 is 0 Å². The molecule has 0 aromatic heterocycles. The van der Waals surface area contributed by atoms with E-state index in [9.17, 15) is 0 Å². The van der Waals surface area contributed by atoms with Gasteiger partial charge in [-0.15, -0.1) is 0 Å². The summed E-state index contributed by atoms with van der Waals surface area (Å²) < 4.78 is 5.55. The molecule has 0 bridgehead atoms. The predicted molar refractivity (Wildman–Crippen MR) is 55.7 cm³/mol. The van der Waals surface area contributed by atoms with Gasteiger partial charge < -0.3 is 9.64 Å². The van der Waals surface area contributed by atoms with Crippen LogP contribution in [0.1, 0.15) is 34.1 Å². The molecule has 1 rings (SSSR count). The lowest BCUT2D eigenvalue weighted by atomic mass is 10.2. The molecule has 2 heteroatoms. The van der Waals surface area contributed by atoms with Gasteiger partial charge in [0.25, 0.3) is 0 Å². The molecular weight excluding hydrogens is 162 g/mol. The summed E-state index contributed by atoms with van der Waals surface area (Å²) in [5.41, 5.74) is 2.77. The minimum Gasteiger partial charge on any atom is -0.375 e. The Morgan fingerprint density at radius 3 is 2.62 bits per heavy atom. The zero-order valence-electron chi connectivity index (χ0n) is 9.26. The molecule has 76 valence electrons. The molecule has 1 aliphatic rings. The Morgan fingerprint density at radius 1 is 1.38 bits per heavy atom. The van der Waals surface area contributed by atoms with Gasteiger partial charge in [-0.05, 0) is 34.1 Å². The van der Waals surface area contributed by atoms with Crippen molar-refractivity contribution in [2.24, 2.45) is 0 Å². The minimum absolute atomic E-state index is 0.589. The molecule has 0 atom stereocenters. The molecule has 0 amide bonds. The number of hydrogen-bond acceptors (Lipinski definition) is 2. The van der Waals surface area contributed by atoms with E-state index in [0.29, 0.717) is 6.04 Å². The highest BCUT2D eigenvalue weighted by molar-refractivity contribution is 5.11. The predicted octanol–water partition coefficient (Wildman–Crippen LogP) is 2.41. The van der Waals surface area contributed by atoms with Crippen LogP contribution in [0.4, 0.5) is 0 Å². The van der Waals surface area contributed by atoms with Crippen molar-refractivity contribution in [2.45, 2.75) is 40.2 Å². The standard InChI is InChI=1S/C11H21NO/c1-9(2)11-8-13-7-5-6-12(11)10(3)4/h10H,5-8H2,1-4H3. The topological polar surface area (TPSA) is 12.5 Å². The molecule has 0 aliphatic carbocycles. The maximum absolute atomic E-state index is 5.55. The average molecular weight is 183 g/mol. The van der Waals surface area contributed by atoms with Crippen molar-refractivity contribution in [3.05, 3.63) is 11.3 Å². The highest BCUT2D eigenvalue weighted by atomic mass is 16.5. The first-order chi connectivity index (χ1) is 6.13. The van der Waals surface area contributed by atoms with Crippen LogP contribution in [0.25, 0.3) is 0 Å². The van der Waals surface area contributed by atoms with Crippen LogP contribution < -0.4 is 0 Å². The zero-order valence-corrected chi connectivity index (χ0v) is 9.26. The third kappa shape index (κ3) is 2.73. The Hall–Kier alpha value is -0.500. The summed E-state index contributed by atoms with van der Waals surface area (Å²) in [7, 11) is 0. The van der Waals surface area contributed by atoms with E-state index >= 15 is 0 Å². The van der Waals surface area contributed by atoms with Crippen molar-refractivity contribution < 1.29 is 4.74 Å². The van der Waals surface area contributed by atoms with Crippen LogP contribution >= 0.6 is 0 Å². The van der Waals surface area contributed by atoms with Gasteiger partial charge in [0, 0.05) is 24.9 Å². The number of rotatable bonds is 1. The van der Waals surface area contributed by atoms with Gasteiger partial charge in [-0.2, -0.15) is 0 Å². The third-order valence-electron chi connectivity index (χ3n) is 2.47. The van der Waals surface area contributed by atoms with E-state index in [-0.39, 0.29) is 0 Å². The summed E-state index contributed by atoms with van der Waals surface area (Å²) in [6.45, 7) is 11.7. The van der Waals surface area contributed by atoms with E-state index in [4.69, 9.17) is 4.74 Å². The Labute approximate surface area is 81.6 Å². The van der Waals surface area contributed by atoms with E-state index in [1.54, 1.807) is 0 Å². The Kier molecular flexibility index (Phi) is 3.79. The van der Waals surface area contributed by atoms with Crippen LogP contribution in [0.2, 0.25) is 0 Å². The molecule has 1 saturated heterocycles. The Balaban J connectivity index is 2.80. The van der Waals surface area contributed by atoms with Crippen LogP contribution in [-0.4, -0.2) is 30.7 Å². The van der Waals surface area contributed by atoms with E-state index in [1.807, 2.05) is 0 Å². The highest BCUT2D eigenvalue weighted by Crippen LogP contribution is 2.17. The molecule has 0 spiro atoms. The van der Waals surface area contributed by atoms with Crippen molar-refractivity contribution in [3.63, 3.8) is 0 Å². The molecule has 0 unspecified atom stereocenters. The zero-order chi connectivity index (χ0) is 9.84. The molecule has 0 aromatic rings. The van der Waals surface area contributed by atoms with Crippen LogP contribution in [0.15, 0.2) is 11.3 Å². The van der Waals surface area contributed by atoms with Crippen LogP contribution in [-0.2, 0) is 4.74 Å². The van der Waals surface area contributed by atoms with Crippen LogP contribution in [0.3, 0.4) is 0 Å².